The maximum atomic E-state index is 13.0. The Hall–Kier alpha value is -1.94. The van der Waals surface area contributed by atoms with Crippen molar-refractivity contribution in [3.63, 3.8) is 0 Å². The van der Waals surface area contributed by atoms with E-state index in [1.165, 1.54) is 161 Å². The molecule has 0 aromatic carbocycles. The standard InChI is InChI=1S/C72H140O17P2/c1-62(2)48-40-32-24-16-10-9-11-20-30-38-46-54-71(76)88-67(58-82-69(74)52-44-36-28-19-14-12-17-25-33-41-49-63(3)4)60-86-90(78,79)84-56-66(73)57-85-91(80,81)87-61-68(59-83-70(75)53-45-37-29-23-22-27-35-43-51-65(7)8)89-72(77)55-47-39-31-21-15-13-18-26-34-42-50-64(5)6/h62-68,73H,9-61H2,1-8H3,(H,78,79)(H,80,81)/t66?,67-,68-/m1/s1. The van der Waals surface area contributed by atoms with Crippen LogP contribution in [0.4, 0.5) is 0 Å². The van der Waals surface area contributed by atoms with Gasteiger partial charge in [0.25, 0.3) is 0 Å². The van der Waals surface area contributed by atoms with Crippen molar-refractivity contribution < 1.29 is 80.2 Å². The lowest BCUT2D eigenvalue weighted by Crippen LogP contribution is -2.30. The molecule has 3 unspecified atom stereocenters. The number of hydrogen-bond donors (Lipinski definition) is 3. The minimum Gasteiger partial charge on any atom is -0.462 e. The second-order valence-corrected chi connectivity index (χ2v) is 30.8. The van der Waals surface area contributed by atoms with Crippen LogP contribution in [0, 0.1) is 23.7 Å². The van der Waals surface area contributed by atoms with Crippen molar-refractivity contribution in [1.82, 2.24) is 0 Å². The first-order valence-corrected chi connectivity index (χ1v) is 40.2. The summed E-state index contributed by atoms with van der Waals surface area (Å²) in [5, 5.41) is 10.6. The number of carbonyl (C=O) groups is 4. The molecule has 91 heavy (non-hydrogen) atoms. The van der Waals surface area contributed by atoms with Gasteiger partial charge in [-0.05, 0) is 49.4 Å². The molecule has 0 aliphatic rings. The Balaban J connectivity index is 5.27. The van der Waals surface area contributed by atoms with Crippen molar-refractivity contribution in [1.29, 1.82) is 0 Å². The minimum atomic E-state index is -4.95. The molecule has 0 saturated heterocycles. The summed E-state index contributed by atoms with van der Waals surface area (Å²) < 4.78 is 68.4. The van der Waals surface area contributed by atoms with E-state index in [4.69, 9.17) is 37.0 Å². The zero-order chi connectivity index (χ0) is 67.5. The zero-order valence-corrected chi connectivity index (χ0v) is 61.3. The maximum Gasteiger partial charge on any atom is 0.472 e. The molecule has 0 aromatic rings. The van der Waals surface area contributed by atoms with E-state index in [2.05, 4.69) is 55.4 Å². The number of ether oxygens (including phenoxy) is 4. The number of unbranched alkanes of at least 4 members (excludes halogenated alkanes) is 35. The zero-order valence-electron chi connectivity index (χ0n) is 59.5. The highest BCUT2D eigenvalue weighted by molar-refractivity contribution is 7.47. The van der Waals surface area contributed by atoms with Crippen molar-refractivity contribution in [3.8, 4) is 0 Å². The SMILES string of the molecule is CC(C)CCCCCCCCCCCCCC(=O)O[C@H](COC(=O)CCCCCCCCCCCCC(C)C)COP(=O)(O)OCC(O)COP(=O)(O)OC[C@@H](COC(=O)CCCCCCCCCCC(C)C)OC(=O)CCCCCCCCCCCCC(C)C. The van der Waals surface area contributed by atoms with Crippen LogP contribution in [0.5, 0.6) is 0 Å². The smallest absolute Gasteiger partial charge is 0.462 e. The molecule has 0 aliphatic carbocycles. The van der Waals surface area contributed by atoms with E-state index < -0.39 is 97.5 Å². The Morgan fingerprint density at radius 2 is 0.462 bits per heavy atom. The van der Waals surface area contributed by atoms with Crippen molar-refractivity contribution in [3.05, 3.63) is 0 Å². The van der Waals surface area contributed by atoms with Gasteiger partial charge in [-0.3, -0.25) is 37.3 Å². The first-order valence-electron chi connectivity index (χ1n) is 37.2. The number of esters is 4. The van der Waals surface area contributed by atoms with Gasteiger partial charge in [-0.15, -0.1) is 0 Å². The fourth-order valence-electron chi connectivity index (χ4n) is 10.8. The number of rotatable bonds is 69. The number of carbonyl (C=O) groups excluding carboxylic acids is 4. The summed E-state index contributed by atoms with van der Waals surface area (Å²) >= 11 is 0. The summed E-state index contributed by atoms with van der Waals surface area (Å²) in [7, 11) is -9.91. The first kappa shape index (κ1) is 89.1. The molecule has 0 radical (unpaired) electrons. The van der Waals surface area contributed by atoms with Gasteiger partial charge in [0.2, 0.25) is 0 Å². The second kappa shape index (κ2) is 61.6. The molecule has 0 heterocycles. The molecule has 17 nitrogen and oxygen atoms in total. The van der Waals surface area contributed by atoms with Crippen LogP contribution < -0.4 is 0 Å². The normalized spacial score (nSPS) is 14.2. The maximum absolute atomic E-state index is 13.0. The van der Waals surface area contributed by atoms with Crippen LogP contribution in [0.3, 0.4) is 0 Å². The van der Waals surface area contributed by atoms with E-state index in [-0.39, 0.29) is 25.7 Å². The van der Waals surface area contributed by atoms with E-state index in [9.17, 15) is 43.2 Å². The van der Waals surface area contributed by atoms with E-state index in [0.29, 0.717) is 25.7 Å². The molecule has 0 rings (SSSR count). The molecular formula is C72H140O17P2. The monoisotopic (exact) mass is 1340 g/mol. The van der Waals surface area contributed by atoms with Crippen molar-refractivity contribution >= 4 is 39.5 Å². The summed E-state index contributed by atoms with van der Waals surface area (Å²) in [6, 6.07) is 0. The molecule has 0 bridgehead atoms. The number of hydrogen-bond acceptors (Lipinski definition) is 15. The third kappa shape index (κ3) is 66.5. The average Bonchev–Trinajstić information content (AvgIpc) is 3.58. The number of aliphatic hydroxyl groups is 1. The predicted molar refractivity (Wildman–Crippen MR) is 367 cm³/mol. The number of phosphoric ester groups is 2. The first-order chi connectivity index (χ1) is 43.6. The van der Waals surface area contributed by atoms with Gasteiger partial charge in [-0.2, -0.15) is 0 Å². The minimum absolute atomic E-state index is 0.105. The van der Waals surface area contributed by atoms with Crippen molar-refractivity contribution in [2.24, 2.45) is 23.7 Å². The van der Waals surface area contributed by atoms with Crippen LogP contribution in [0.15, 0.2) is 0 Å². The molecule has 0 spiro atoms. The fraction of sp³-hybridized carbons (Fsp3) is 0.944. The predicted octanol–water partition coefficient (Wildman–Crippen LogP) is 20.5. The van der Waals surface area contributed by atoms with E-state index in [1.807, 2.05) is 0 Å². The molecule has 5 atom stereocenters. The van der Waals surface area contributed by atoms with Crippen LogP contribution in [0.25, 0.3) is 0 Å². The topological polar surface area (TPSA) is 237 Å². The van der Waals surface area contributed by atoms with Crippen LogP contribution in [0.2, 0.25) is 0 Å². The lowest BCUT2D eigenvalue weighted by atomic mass is 10.0. The second-order valence-electron chi connectivity index (χ2n) is 27.9. The Kier molecular flexibility index (Phi) is 60.3. The third-order valence-electron chi connectivity index (χ3n) is 16.6. The molecule has 0 fully saturated rings. The molecule has 3 N–H and O–H groups in total. The van der Waals surface area contributed by atoms with E-state index in [1.54, 1.807) is 0 Å². The lowest BCUT2D eigenvalue weighted by Gasteiger charge is -2.21. The van der Waals surface area contributed by atoms with E-state index >= 15 is 0 Å². The molecule has 0 amide bonds. The van der Waals surface area contributed by atoms with E-state index in [0.717, 1.165) is 114 Å². The van der Waals surface area contributed by atoms with Crippen LogP contribution in [-0.4, -0.2) is 96.7 Å². The quantitative estimate of drug-likeness (QED) is 0.0222. The fourth-order valence-corrected chi connectivity index (χ4v) is 12.4. The van der Waals surface area contributed by atoms with Crippen LogP contribution in [0.1, 0.15) is 357 Å². The number of phosphoric acid groups is 2. The largest absolute Gasteiger partial charge is 0.472 e. The third-order valence-corrected chi connectivity index (χ3v) is 18.5. The lowest BCUT2D eigenvalue weighted by molar-refractivity contribution is -0.161. The van der Waals surface area contributed by atoms with Crippen molar-refractivity contribution in [2.45, 2.75) is 375 Å². The van der Waals surface area contributed by atoms with Crippen molar-refractivity contribution in [2.75, 3.05) is 39.6 Å². The number of aliphatic hydroxyl groups excluding tert-OH is 1. The molecular weight excluding hydrogens is 1200 g/mol. The van der Waals surface area contributed by atoms with Crippen LogP contribution in [-0.2, 0) is 65.4 Å². The Morgan fingerprint density at radius 3 is 0.681 bits per heavy atom. The van der Waals surface area contributed by atoms with Gasteiger partial charge >= 0.3 is 39.5 Å². The Morgan fingerprint density at radius 1 is 0.275 bits per heavy atom. The molecule has 0 aromatic heterocycles. The summed E-state index contributed by atoms with van der Waals surface area (Å²) in [5.74, 6) is 0.876. The van der Waals surface area contributed by atoms with Crippen LogP contribution >= 0.6 is 15.6 Å². The highest BCUT2D eigenvalue weighted by atomic mass is 31.2. The van der Waals surface area contributed by atoms with Gasteiger partial charge in [0, 0.05) is 25.7 Å². The summed E-state index contributed by atoms with van der Waals surface area (Å²) in [6.45, 7) is 14.1. The Bertz CT molecular complexity index is 1800. The highest BCUT2D eigenvalue weighted by Gasteiger charge is 2.30. The van der Waals surface area contributed by atoms with Gasteiger partial charge < -0.3 is 33.8 Å². The Labute approximate surface area is 556 Å². The molecule has 19 heteroatoms. The molecule has 0 saturated carbocycles. The van der Waals surface area contributed by atoms with Gasteiger partial charge in [0.05, 0.1) is 26.4 Å². The van der Waals surface area contributed by atoms with Gasteiger partial charge in [0.15, 0.2) is 12.2 Å². The molecule has 0 aliphatic heterocycles. The van der Waals surface area contributed by atoms with Gasteiger partial charge in [0.1, 0.15) is 19.3 Å². The average molecular weight is 1340 g/mol. The highest BCUT2D eigenvalue weighted by Crippen LogP contribution is 2.45. The van der Waals surface area contributed by atoms with Gasteiger partial charge in [-0.1, -0.05) is 306 Å². The summed E-state index contributed by atoms with van der Waals surface area (Å²) in [4.78, 5) is 72.7. The van der Waals surface area contributed by atoms with Gasteiger partial charge in [-0.25, -0.2) is 9.13 Å². The summed E-state index contributed by atoms with van der Waals surface area (Å²) in [6.07, 6.45) is 44.4. The summed E-state index contributed by atoms with van der Waals surface area (Å²) in [5.41, 5.74) is 0. The molecule has 540 valence electrons.